The predicted molar refractivity (Wildman–Crippen MR) is 40.5 cm³/mol. The molecule has 0 aliphatic carbocycles. The molecule has 0 amide bonds. The fourth-order valence-corrected chi connectivity index (χ4v) is 0. The van der Waals surface area contributed by atoms with Crippen LogP contribution < -0.4 is 0 Å². The normalized spacial score (nSPS) is 6.67. The molecule has 0 bridgehead atoms. The third kappa shape index (κ3) is 57.0. The summed E-state index contributed by atoms with van der Waals surface area (Å²) in [6, 6.07) is 0. The molecule has 0 N–H and O–H groups in total. The third-order valence-electron chi connectivity index (χ3n) is 0.816. The van der Waals surface area contributed by atoms with Crippen molar-refractivity contribution in [2.24, 2.45) is 0 Å². The van der Waals surface area contributed by atoms with Crippen molar-refractivity contribution in [1.29, 1.82) is 0 Å². The second-order valence-corrected chi connectivity index (χ2v) is 1.63. The second kappa shape index (κ2) is 23.6. The average Bonchev–Trinajstić information content (AvgIpc) is 1.88. The molecule has 0 atom stereocenters. The topological polar surface area (TPSA) is 0 Å². The van der Waals surface area contributed by atoms with Gasteiger partial charge in [-0.1, -0.05) is 13.8 Å². The maximum absolute atomic E-state index is 2.12. The largest absolute Gasteiger partial charge is 1.00 e. The molecule has 62 valence electrons. The zero-order valence-electron chi connectivity index (χ0n) is 6.87. The third-order valence-corrected chi connectivity index (χ3v) is 0.816. The van der Waals surface area contributed by atoms with Gasteiger partial charge in [-0.15, -0.1) is 0 Å². The first-order chi connectivity index (χ1) is 3.83. The van der Waals surface area contributed by atoms with E-state index in [1.54, 1.807) is 0 Å². The number of rotatable bonds is 2. The van der Waals surface area contributed by atoms with Crippen molar-refractivity contribution in [2.45, 2.75) is 40.5 Å². The van der Waals surface area contributed by atoms with Crippen LogP contribution in [-0.2, 0) is 17.1 Å². The van der Waals surface area contributed by atoms with Gasteiger partial charge in [-0.3, -0.25) is 0 Å². The van der Waals surface area contributed by atoms with Crippen LogP contribution in [0.15, 0.2) is 0 Å². The molecular formula is C8H18Cu-. The van der Waals surface area contributed by atoms with E-state index in [2.05, 4.69) is 40.5 Å². The smallest absolute Gasteiger partial charge is 0.332 e. The molecular weight excluding hydrogens is 160 g/mol. The molecule has 0 aromatic carbocycles. The molecule has 0 aliphatic heterocycles. The van der Waals surface area contributed by atoms with E-state index in [9.17, 15) is 0 Å². The Bertz CT molecular complexity index is 12.5. The van der Waals surface area contributed by atoms with Crippen LogP contribution in [-0.4, -0.2) is 0 Å². The van der Waals surface area contributed by atoms with Gasteiger partial charge < -0.3 is 12.8 Å². The van der Waals surface area contributed by atoms with E-state index >= 15 is 0 Å². The van der Waals surface area contributed by atoms with Gasteiger partial charge in [0.15, 0.2) is 0 Å². The summed E-state index contributed by atoms with van der Waals surface area (Å²) in [7, 11) is 0. The van der Waals surface area contributed by atoms with Gasteiger partial charge in [-0.2, -0.15) is 26.7 Å². The van der Waals surface area contributed by atoms with Crippen molar-refractivity contribution in [2.75, 3.05) is 0 Å². The van der Waals surface area contributed by atoms with E-state index in [0.717, 1.165) is 0 Å². The summed E-state index contributed by atoms with van der Waals surface area (Å²) in [6.45, 7) is 8.36. The molecule has 1 heteroatoms. The van der Waals surface area contributed by atoms with Gasteiger partial charge in [-0.05, 0) is 0 Å². The summed E-state index contributed by atoms with van der Waals surface area (Å²) in [5.41, 5.74) is 0. The zero-order valence-corrected chi connectivity index (χ0v) is 7.81. The fraction of sp³-hybridized carbons (Fsp3) is 0.750. The van der Waals surface area contributed by atoms with Gasteiger partial charge in [0, 0.05) is 0 Å². The summed E-state index contributed by atoms with van der Waals surface area (Å²) in [4.78, 5) is 0. The summed E-state index contributed by atoms with van der Waals surface area (Å²) in [5.74, 6) is 0. The Morgan fingerprint density at radius 3 is 1.00 bits per heavy atom. The van der Waals surface area contributed by atoms with Gasteiger partial charge in [0.05, 0.1) is 0 Å². The van der Waals surface area contributed by atoms with Crippen LogP contribution in [0.2, 0.25) is 0 Å². The first kappa shape index (κ1) is 16.3. The molecule has 0 aliphatic rings. The Labute approximate surface area is 70.9 Å². The summed E-state index contributed by atoms with van der Waals surface area (Å²) in [5, 5.41) is 0. The summed E-state index contributed by atoms with van der Waals surface area (Å²) < 4.78 is 0. The van der Waals surface area contributed by atoms with Gasteiger partial charge in [-0.25, -0.2) is 0 Å². The van der Waals surface area contributed by atoms with Crippen molar-refractivity contribution in [3.8, 4) is 0 Å². The molecule has 9 heavy (non-hydrogen) atoms. The minimum atomic E-state index is 0. The minimum absolute atomic E-state index is 0. The van der Waals surface area contributed by atoms with Crippen LogP contribution in [0.3, 0.4) is 0 Å². The first-order valence-electron chi connectivity index (χ1n) is 3.39. The Kier molecular flexibility index (Phi) is 42.6. The predicted octanol–water partition coefficient (Wildman–Crippen LogP) is 3.24. The van der Waals surface area contributed by atoms with E-state index in [0.29, 0.717) is 0 Å². The van der Waals surface area contributed by atoms with Gasteiger partial charge in [0.2, 0.25) is 0 Å². The number of hydrogen-bond acceptors (Lipinski definition) is 0. The zero-order chi connectivity index (χ0) is 6.83. The van der Waals surface area contributed by atoms with Gasteiger partial charge in [0.25, 0.3) is 0 Å². The van der Waals surface area contributed by atoms with Crippen LogP contribution in [0.5, 0.6) is 0 Å². The Balaban J connectivity index is -0.0000000720. The van der Waals surface area contributed by atoms with E-state index in [4.69, 9.17) is 0 Å². The van der Waals surface area contributed by atoms with Crippen molar-refractivity contribution in [3.63, 3.8) is 0 Å². The molecule has 0 saturated heterocycles. The molecule has 0 unspecified atom stereocenters. The van der Waals surface area contributed by atoms with E-state index in [1.165, 1.54) is 12.8 Å². The molecule has 0 saturated carbocycles. The Morgan fingerprint density at radius 1 is 0.889 bits per heavy atom. The van der Waals surface area contributed by atoms with Crippen LogP contribution in [0.1, 0.15) is 40.5 Å². The SMILES string of the molecule is C[CH-]CC.C[CH-]CC.[Cu+]. The molecule has 0 radical (unpaired) electrons. The molecule has 0 fully saturated rings. The van der Waals surface area contributed by atoms with Crippen LogP contribution >= 0.6 is 0 Å². The molecule has 0 heterocycles. The van der Waals surface area contributed by atoms with Gasteiger partial charge in [0.1, 0.15) is 0 Å². The van der Waals surface area contributed by atoms with Crippen LogP contribution in [0.25, 0.3) is 0 Å². The Hall–Kier alpha value is 0.519. The van der Waals surface area contributed by atoms with E-state index < -0.39 is 0 Å². The maximum atomic E-state index is 2.12. The van der Waals surface area contributed by atoms with Crippen LogP contribution in [0.4, 0.5) is 0 Å². The standard InChI is InChI=1S/2C4H9.Cu/c2*1-3-4-2;/h2*3H,4H2,1-2H3;/q2*-1;+1. The molecule has 0 aromatic rings. The molecule has 0 spiro atoms. The quantitative estimate of drug-likeness (QED) is 0.449. The van der Waals surface area contributed by atoms with E-state index in [-0.39, 0.29) is 17.1 Å². The Morgan fingerprint density at radius 2 is 1.00 bits per heavy atom. The summed E-state index contributed by atoms with van der Waals surface area (Å²) in [6.07, 6.45) is 6.64. The number of unbranched alkanes of at least 4 members (excludes halogenated alkanes) is 2. The molecule has 0 aromatic heterocycles. The summed E-state index contributed by atoms with van der Waals surface area (Å²) >= 11 is 0. The number of hydrogen-bond donors (Lipinski definition) is 0. The van der Waals surface area contributed by atoms with Crippen molar-refractivity contribution < 1.29 is 17.1 Å². The molecule has 0 rings (SSSR count). The monoisotopic (exact) mass is 177 g/mol. The van der Waals surface area contributed by atoms with Crippen LogP contribution in [0, 0.1) is 12.8 Å². The van der Waals surface area contributed by atoms with Crippen molar-refractivity contribution >= 4 is 0 Å². The first-order valence-corrected chi connectivity index (χ1v) is 3.39. The fourth-order valence-electron chi connectivity index (χ4n) is 0. The minimum Gasteiger partial charge on any atom is -0.332 e. The van der Waals surface area contributed by atoms with Crippen molar-refractivity contribution in [1.82, 2.24) is 0 Å². The second-order valence-electron chi connectivity index (χ2n) is 1.63. The van der Waals surface area contributed by atoms with Crippen molar-refractivity contribution in [3.05, 3.63) is 12.8 Å². The maximum Gasteiger partial charge on any atom is 1.00 e. The average molecular weight is 178 g/mol. The molecule has 0 nitrogen and oxygen atoms in total. The van der Waals surface area contributed by atoms with E-state index in [1.807, 2.05) is 0 Å². The van der Waals surface area contributed by atoms with Gasteiger partial charge >= 0.3 is 17.1 Å².